The van der Waals surface area contributed by atoms with Gasteiger partial charge in [0.1, 0.15) is 5.52 Å². The van der Waals surface area contributed by atoms with Crippen molar-refractivity contribution in [3.05, 3.63) is 59.5 Å². The third-order valence-electron chi connectivity index (χ3n) is 2.57. The highest BCUT2D eigenvalue weighted by molar-refractivity contribution is 6.30. The van der Waals surface area contributed by atoms with Crippen LogP contribution >= 0.6 is 11.6 Å². The van der Waals surface area contributed by atoms with Gasteiger partial charge in [0.05, 0.1) is 6.54 Å². The van der Waals surface area contributed by atoms with Crippen LogP contribution in [0.25, 0.3) is 11.2 Å². The Hall–Kier alpha value is -1.87. The maximum absolute atomic E-state index is 5.85. The summed E-state index contributed by atoms with van der Waals surface area (Å²) in [7, 11) is 0. The summed E-state index contributed by atoms with van der Waals surface area (Å²) in [5, 5.41) is 0.742. The van der Waals surface area contributed by atoms with Crippen molar-refractivity contribution < 1.29 is 0 Å². The van der Waals surface area contributed by atoms with Crippen LogP contribution in [-0.2, 0) is 6.54 Å². The lowest BCUT2D eigenvalue weighted by atomic mass is 10.2. The summed E-state index contributed by atoms with van der Waals surface area (Å²) in [5.74, 6) is 0. The molecule has 0 aliphatic rings. The lowest BCUT2D eigenvalue weighted by Crippen LogP contribution is -1.99. The smallest absolute Gasteiger partial charge is 0.179 e. The van der Waals surface area contributed by atoms with E-state index in [1.165, 1.54) is 0 Å². The molecular formula is C13H9ClN3. The van der Waals surface area contributed by atoms with E-state index in [0.717, 1.165) is 21.7 Å². The van der Waals surface area contributed by atoms with E-state index in [1.54, 1.807) is 6.20 Å². The molecule has 3 aromatic rings. The largest absolute Gasteiger partial charge is 0.302 e. The van der Waals surface area contributed by atoms with E-state index < -0.39 is 0 Å². The number of rotatable bonds is 2. The van der Waals surface area contributed by atoms with Crippen LogP contribution in [0, 0.1) is 6.33 Å². The summed E-state index contributed by atoms with van der Waals surface area (Å²) in [4.78, 5) is 8.48. The van der Waals surface area contributed by atoms with E-state index in [4.69, 9.17) is 11.6 Å². The van der Waals surface area contributed by atoms with Crippen LogP contribution in [0.1, 0.15) is 5.56 Å². The Morgan fingerprint density at radius 2 is 2.00 bits per heavy atom. The van der Waals surface area contributed by atoms with Crippen molar-refractivity contribution in [3.8, 4) is 0 Å². The predicted octanol–water partition coefficient (Wildman–Crippen LogP) is 2.93. The molecule has 0 fully saturated rings. The third kappa shape index (κ3) is 2.01. The normalized spacial score (nSPS) is 10.9. The van der Waals surface area contributed by atoms with Gasteiger partial charge >= 0.3 is 0 Å². The average Bonchev–Trinajstić information content (AvgIpc) is 2.76. The first-order valence-electron chi connectivity index (χ1n) is 5.26. The number of benzene rings is 1. The molecule has 0 spiro atoms. The zero-order valence-electron chi connectivity index (χ0n) is 8.97. The first-order chi connectivity index (χ1) is 8.33. The monoisotopic (exact) mass is 242 g/mol. The lowest BCUT2D eigenvalue weighted by molar-refractivity contribution is 0.806. The van der Waals surface area contributed by atoms with E-state index in [2.05, 4.69) is 16.3 Å². The van der Waals surface area contributed by atoms with E-state index in [0.29, 0.717) is 6.54 Å². The van der Waals surface area contributed by atoms with Gasteiger partial charge in [0.15, 0.2) is 12.0 Å². The number of hydrogen-bond acceptors (Lipinski definition) is 2. The second-order valence-corrected chi connectivity index (χ2v) is 4.21. The molecule has 17 heavy (non-hydrogen) atoms. The van der Waals surface area contributed by atoms with Crippen LogP contribution in [0.15, 0.2) is 42.6 Å². The van der Waals surface area contributed by atoms with Crippen molar-refractivity contribution in [1.82, 2.24) is 14.5 Å². The number of pyridine rings is 1. The average molecular weight is 243 g/mol. The predicted molar refractivity (Wildman–Crippen MR) is 66.9 cm³/mol. The van der Waals surface area contributed by atoms with Crippen LogP contribution in [-0.4, -0.2) is 14.5 Å². The Morgan fingerprint density at radius 3 is 2.82 bits per heavy atom. The summed E-state index contributed by atoms with van der Waals surface area (Å²) >= 11 is 5.85. The number of hydrogen-bond donors (Lipinski definition) is 0. The molecule has 0 bridgehead atoms. The maximum Gasteiger partial charge on any atom is 0.179 e. The fraction of sp³-hybridized carbons (Fsp3) is 0.0769. The van der Waals surface area contributed by atoms with Crippen molar-refractivity contribution in [1.29, 1.82) is 0 Å². The quantitative estimate of drug-likeness (QED) is 0.692. The molecule has 83 valence electrons. The van der Waals surface area contributed by atoms with Crippen molar-refractivity contribution in [3.63, 3.8) is 0 Å². The van der Waals surface area contributed by atoms with Gasteiger partial charge in [-0.2, -0.15) is 0 Å². The highest BCUT2D eigenvalue weighted by Crippen LogP contribution is 2.13. The molecule has 0 saturated carbocycles. The molecule has 2 aromatic heterocycles. The molecule has 0 aliphatic carbocycles. The van der Waals surface area contributed by atoms with Gasteiger partial charge in [-0.15, -0.1) is 0 Å². The molecule has 4 heteroatoms. The van der Waals surface area contributed by atoms with Gasteiger partial charge in [0.2, 0.25) is 0 Å². The van der Waals surface area contributed by atoms with Crippen LogP contribution in [0.3, 0.4) is 0 Å². The summed E-state index contributed by atoms with van der Waals surface area (Å²) < 4.78 is 1.90. The molecule has 0 aliphatic heterocycles. The minimum atomic E-state index is 0.699. The highest BCUT2D eigenvalue weighted by Gasteiger charge is 2.04. The molecule has 2 heterocycles. The third-order valence-corrected chi connectivity index (χ3v) is 2.82. The second kappa shape index (κ2) is 4.18. The highest BCUT2D eigenvalue weighted by atomic mass is 35.5. The van der Waals surface area contributed by atoms with Crippen molar-refractivity contribution in [2.75, 3.05) is 0 Å². The van der Waals surface area contributed by atoms with Gasteiger partial charge in [-0.25, -0.2) is 9.97 Å². The minimum Gasteiger partial charge on any atom is -0.302 e. The molecule has 0 unspecified atom stereocenters. The van der Waals surface area contributed by atoms with E-state index >= 15 is 0 Å². The fourth-order valence-corrected chi connectivity index (χ4v) is 1.85. The van der Waals surface area contributed by atoms with Gasteiger partial charge in [0, 0.05) is 11.2 Å². The standard InChI is InChI=1S/C13H9ClN3/c14-11-5-3-10(4-6-11)8-17-9-16-12-2-1-7-15-13(12)17/h1-7H,8H2. The second-order valence-electron chi connectivity index (χ2n) is 3.77. The Balaban J connectivity index is 1.97. The molecule has 0 amide bonds. The van der Waals surface area contributed by atoms with Crippen LogP contribution < -0.4 is 0 Å². The fourth-order valence-electron chi connectivity index (χ4n) is 1.73. The van der Waals surface area contributed by atoms with Crippen LogP contribution in [0.2, 0.25) is 5.02 Å². The van der Waals surface area contributed by atoms with E-state index in [9.17, 15) is 0 Å². The number of imidazole rings is 1. The number of aromatic nitrogens is 3. The molecule has 0 N–H and O–H groups in total. The van der Waals surface area contributed by atoms with Gasteiger partial charge in [-0.3, -0.25) is 0 Å². The van der Waals surface area contributed by atoms with E-state index in [1.807, 2.05) is 41.0 Å². The number of nitrogens with zero attached hydrogens (tertiary/aromatic N) is 3. The molecule has 3 rings (SSSR count). The number of fused-ring (bicyclic) bond motifs is 1. The lowest BCUT2D eigenvalue weighted by Gasteiger charge is -2.03. The van der Waals surface area contributed by atoms with Crippen molar-refractivity contribution >= 4 is 22.8 Å². The first kappa shape index (κ1) is 10.3. The minimum absolute atomic E-state index is 0.699. The van der Waals surface area contributed by atoms with Gasteiger partial charge in [-0.05, 0) is 29.8 Å². The Bertz CT molecular complexity index is 643. The topological polar surface area (TPSA) is 30.7 Å². The molecule has 0 atom stereocenters. The summed E-state index contributed by atoms with van der Waals surface area (Å²) in [5.41, 5.74) is 2.86. The summed E-state index contributed by atoms with van der Waals surface area (Å²) in [6.45, 7) is 0.699. The molecular weight excluding hydrogens is 234 g/mol. The molecule has 0 saturated heterocycles. The Morgan fingerprint density at radius 1 is 1.18 bits per heavy atom. The number of halogens is 1. The molecule has 3 nitrogen and oxygen atoms in total. The SMILES string of the molecule is Clc1ccc(Cn2[c]nc3cccnc32)cc1. The van der Waals surface area contributed by atoms with E-state index in [-0.39, 0.29) is 0 Å². The zero-order chi connectivity index (χ0) is 11.7. The first-order valence-corrected chi connectivity index (χ1v) is 5.64. The van der Waals surface area contributed by atoms with Gasteiger partial charge in [-0.1, -0.05) is 23.7 Å². The zero-order valence-corrected chi connectivity index (χ0v) is 9.72. The maximum atomic E-state index is 5.85. The van der Waals surface area contributed by atoms with Gasteiger partial charge in [0.25, 0.3) is 0 Å². The van der Waals surface area contributed by atoms with Crippen LogP contribution in [0.5, 0.6) is 0 Å². The summed E-state index contributed by atoms with van der Waals surface area (Å²) in [6, 6.07) is 11.5. The summed E-state index contributed by atoms with van der Waals surface area (Å²) in [6.07, 6.45) is 4.71. The molecule has 1 radical (unpaired) electrons. The van der Waals surface area contributed by atoms with Crippen LogP contribution in [0.4, 0.5) is 0 Å². The molecule has 1 aromatic carbocycles. The van der Waals surface area contributed by atoms with Gasteiger partial charge < -0.3 is 4.57 Å². The van der Waals surface area contributed by atoms with Crippen molar-refractivity contribution in [2.24, 2.45) is 0 Å². The Kier molecular flexibility index (Phi) is 2.53. The Labute approximate surface area is 104 Å². The van der Waals surface area contributed by atoms with Crippen molar-refractivity contribution in [2.45, 2.75) is 6.54 Å².